The summed E-state index contributed by atoms with van der Waals surface area (Å²) >= 11 is 11.1. The van der Waals surface area contributed by atoms with Crippen molar-refractivity contribution < 1.29 is 0 Å². The molecule has 46 valence electrons. The van der Waals surface area contributed by atoms with Gasteiger partial charge in [0.1, 0.15) is 10.3 Å². The number of rotatable bonds is 0. The molecule has 0 saturated heterocycles. The third-order valence-corrected chi connectivity index (χ3v) is 1.57. The molecule has 0 fully saturated rings. The van der Waals surface area contributed by atoms with Gasteiger partial charge in [0.2, 0.25) is 0 Å². The number of halogens is 2. The second kappa shape index (κ2) is 2.03. The van der Waals surface area contributed by atoms with Gasteiger partial charge in [0.25, 0.3) is 0 Å². The minimum Gasteiger partial charge on any atom is -0.354 e. The van der Waals surface area contributed by atoms with Crippen LogP contribution in [-0.4, -0.2) is 6.17 Å². The quantitative estimate of drug-likeness (QED) is 0.509. The Morgan fingerprint density at radius 2 is 1.62 bits per heavy atom. The first-order valence-electron chi connectivity index (χ1n) is 2.28. The van der Waals surface area contributed by atoms with Crippen molar-refractivity contribution in [2.24, 2.45) is 0 Å². The maximum atomic E-state index is 5.53. The molecule has 1 rings (SSSR count). The van der Waals surface area contributed by atoms with Gasteiger partial charge in [-0.2, -0.15) is 0 Å². The van der Waals surface area contributed by atoms with Crippen molar-refractivity contribution in [2.75, 3.05) is 0 Å². The monoisotopic (exact) mass is 152 g/mol. The van der Waals surface area contributed by atoms with E-state index in [9.17, 15) is 0 Å². The fourth-order valence-corrected chi connectivity index (χ4v) is 0.979. The molecule has 0 spiro atoms. The fourth-order valence-electron chi connectivity index (χ4n) is 0.543. The van der Waals surface area contributed by atoms with Gasteiger partial charge in [-0.15, -0.1) is 0 Å². The van der Waals surface area contributed by atoms with Crippen molar-refractivity contribution in [1.82, 2.24) is 10.6 Å². The normalized spacial score (nSPS) is 20.9. The van der Waals surface area contributed by atoms with Crippen LogP contribution in [0.3, 0.4) is 0 Å². The number of nitrogens with one attached hydrogen (secondary N) is 2. The van der Waals surface area contributed by atoms with Crippen LogP contribution in [0.5, 0.6) is 0 Å². The highest BCUT2D eigenvalue weighted by atomic mass is 35.5. The van der Waals surface area contributed by atoms with E-state index < -0.39 is 0 Å². The van der Waals surface area contributed by atoms with E-state index in [2.05, 4.69) is 10.6 Å². The van der Waals surface area contributed by atoms with E-state index >= 15 is 0 Å². The minimum absolute atomic E-state index is 0.162. The molecule has 0 radical (unpaired) electrons. The van der Waals surface area contributed by atoms with Crippen LogP contribution < -0.4 is 10.6 Å². The van der Waals surface area contributed by atoms with Crippen LogP contribution in [0, 0.1) is 0 Å². The summed E-state index contributed by atoms with van der Waals surface area (Å²) in [7, 11) is 0. The summed E-state index contributed by atoms with van der Waals surface area (Å²) in [5, 5.41) is 6.74. The van der Waals surface area contributed by atoms with Crippen molar-refractivity contribution in [2.45, 2.75) is 13.1 Å². The van der Waals surface area contributed by atoms with Gasteiger partial charge in [0.15, 0.2) is 0 Å². The fraction of sp³-hybridized carbons (Fsp3) is 0.500. The zero-order valence-corrected chi connectivity index (χ0v) is 5.85. The van der Waals surface area contributed by atoms with Crippen LogP contribution >= 0.6 is 23.2 Å². The first kappa shape index (κ1) is 6.05. The summed E-state index contributed by atoms with van der Waals surface area (Å²) in [5.74, 6) is 0. The lowest BCUT2D eigenvalue weighted by molar-refractivity contribution is 0.618. The third kappa shape index (κ3) is 1.01. The first-order chi connectivity index (χ1) is 3.70. The van der Waals surface area contributed by atoms with Crippen LogP contribution in [0.4, 0.5) is 0 Å². The van der Waals surface area contributed by atoms with Crippen molar-refractivity contribution >= 4 is 23.2 Å². The molecule has 4 heteroatoms. The second-order valence-corrected chi connectivity index (χ2v) is 2.39. The third-order valence-electron chi connectivity index (χ3n) is 0.879. The maximum absolute atomic E-state index is 5.53. The summed E-state index contributed by atoms with van der Waals surface area (Å²) in [5.41, 5.74) is 0. The van der Waals surface area contributed by atoms with Gasteiger partial charge in [-0.3, -0.25) is 0 Å². The minimum atomic E-state index is 0.162. The predicted molar refractivity (Wildman–Crippen MR) is 34.5 cm³/mol. The summed E-state index contributed by atoms with van der Waals surface area (Å²) in [6.45, 7) is 1.93. The lowest BCUT2D eigenvalue weighted by atomic mass is 10.6. The van der Waals surface area contributed by atoms with Gasteiger partial charge < -0.3 is 10.6 Å². The highest BCUT2D eigenvalue weighted by Crippen LogP contribution is 2.13. The molecule has 0 aromatic rings. The highest BCUT2D eigenvalue weighted by Gasteiger charge is 2.13. The number of hydrogen-bond acceptors (Lipinski definition) is 2. The van der Waals surface area contributed by atoms with E-state index in [-0.39, 0.29) is 6.17 Å². The molecule has 0 atom stereocenters. The van der Waals surface area contributed by atoms with E-state index in [0.717, 1.165) is 0 Å². The molecule has 0 aromatic carbocycles. The van der Waals surface area contributed by atoms with E-state index in [1.54, 1.807) is 0 Å². The molecule has 0 bridgehead atoms. The van der Waals surface area contributed by atoms with E-state index in [0.29, 0.717) is 10.3 Å². The smallest absolute Gasteiger partial charge is 0.139 e. The van der Waals surface area contributed by atoms with Gasteiger partial charge in [0, 0.05) is 0 Å². The summed E-state index contributed by atoms with van der Waals surface area (Å²) < 4.78 is 0. The molecular formula is C4H6Cl2N2. The Bertz CT molecular complexity index is 118. The molecule has 0 aromatic heterocycles. The van der Waals surface area contributed by atoms with Crippen LogP contribution in [0.15, 0.2) is 10.3 Å². The van der Waals surface area contributed by atoms with Crippen molar-refractivity contribution in [3.05, 3.63) is 10.3 Å². The molecule has 0 unspecified atom stereocenters. The van der Waals surface area contributed by atoms with Gasteiger partial charge in [-0.25, -0.2) is 0 Å². The molecule has 0 saturated carbocycles. The zero-order chi connectivity index (χ0) is 6.15. The molecule has 8 heavy (non-hydrogen) atoms. The van der Waals surface area contributed by atoms with Crippen molar-refractivity contribution in [1.29, 1.82) is 0 Å². The Morgan fingerprint density at radius 1 is 1.25 bits per heavy atom. The Hall–Kier alpha value is -0.0800. The van der Waals surface area contributed by atoms with Gasteiger partial charge in [-0.05, 0) is 6.92 Å². The summed E-state index contributed by atoms with van der Waals surface area (Å²) in [6.07, 6.45) is 0.162. The van der Waals surface area contributed by atoms with Crippen molar-refractivity contribution in [3.8, 4) is 0 Å². The lowest BCUT2D eigenvalue weighted by Gasteiger charge is -2.02. The van der Waals surface area contributed by atoms with E-state index in [1.165, 1.54) is 0 Å². The molecule has 0 amide bonds. The zero-order valence-electron chi connectivity index (χ0n) is 4.33. The SMILES string of the molecule is CC1NC(Cl)=C(Cl)N1. The first-order valence-corrected chi connectivity index (χ1v) is 3.04. The Kier molecular flexibility index (Phi) is 1.54. The molecule has 1 heterocycles. The Balaban J connectivity index is 2.60. The second-order valence-electron chi connectivity index (χ2n) is 1.64. The standard InChI is InChI=1S/C4H6Cl2N2/c1-2-7-3(5)4(6)8-2/h2,7-8H,1H3. The van der Waals surface area contributed by atoms with Crippen LogP contribution in [0.25, 0.3) is 0 Å². The average Bonchev–Trinajstić information content (AvgIpc) is 1.85. The molecule has 2 N–H and O–H groups in total. The van der Waals surface area contributed by atoms with Gasteiger partial charge in [0.05, 0.1) is 6.17 Å². The topological polar surface area (TPSA) is 24.1 Å². The maximum Gasteiger partial charge on any atom is 0.139 e. The van der Waals surface area contributed by atoms with Crippen LogP contribution in [0.1, 0.15) is 6.92 Å². The highest BCUT2D eigenvalue weighted by molar-refractivity contribution is 6.39. The van der Waals surface area contributed by atoms with E-state index in [1.807, 2.05) is 6.92 Å². The summed E-state index contributed by atoms with van der Waals surface area (Å²) in [6, 6.07) is 0. The van der Waals surface area contributed by atoms with Gasteiger partial charge in [-0.1, -0.05) is 23.2 Å². The molecule has 1 aliphatic rings. The Labute approximate surface area is 57.8 Å². The molecule has 0 aliphatic carbocycles. The van der Waals surface area contributed by atoms with Crippen LogP contribution in [0.2, 0.25) is 0 Å². The largest absolute Gasteiger partial charge is 0.354 e. The van der Waals surface area contributed by atoms with E-state index in [4.69, 9.17) is 23.2 Å². The Morgan fingerprint density at radius 3 is 1.75 bits per heavy atom. The average molecular weight is 153 g/mol. The van der Waals surface area contributed by atoms with Crippen LogP contribution in [-0.2, 0) is 0 Å². The predicted octanol–water partition coefficient (Wildman–Crippen LogP) is 1.13. The molecule has 2 nitrogen and oxygen atoms in total. The van der Waals surface area contributed by atoms with Crippen molar-refractivity contribution in [3.63, 3.8) is 0 Å². The lowest BCUT2D eigenvalue weighted by Crippen LogP contribution is -2.27. The van der Waals surface area contributed by atoms with Gasteiger partial charge >= 0.3 is 0 Å². The molecule has 1 aliphatic heterocycles. The summed E-state index contributed by atoms with van der Waals surface area (Å²) in [4.78, 5) is 0. The number of hydrogen-bond donors (Lipinski definition) is 2. The molecular weight excluding hydrogens is 147 g/mol.